The lowest BCUT2D eigenvalue weighted by Crippen LogP contribution is -2.28. The number of amides is 1. The van der Waals surface area contributed by atoms with E-state index in [1.807, 2.05) is 6.07 Å². The lowest BCUT2D eigenvalue weighted by Gasteiger charge is -2.25. The smallest absolute Gasteiger partial charge is 0.257 e. The maximum Gasteiger partial charge on any atom is 0.257 e. The van der Waals surface area contributed by atoms with Gasteiger partial charge in [-0.25, -0.2) is 8.78 Å². The highest BCUT2D eigenvalue weighted by molar-refractivity contribution is 9.10. The molecule has 0 bridgehead atoms. The van der Waals surface area contributed by atoms with Gasteiger partial charge in [-0.1, -0.05) is 22.0 Å². The third kappa shape index (κ3) is 2.37. The van der Waals surface area contributed by atoms with Crippen molar-refractivity contribution in [3.8, 4) is 0 Å². The summed E-state index contributed by atoms with van der Waals surface area (Å²) in [5.41, 5.74) is 7.84. The van der Waals surface area contributed by atoms with Crippen LogP contribution in [-0.2, 0) is 6.54 Å². The molecule has 0 saturated heterocycles. The van der Waals surface area contributed by atoms with E-state index in [0.717, 1.165) is 16.1 Å². The Morgan fingerprint density at radius 2 is 2.00 bits per heavy atom. The number of carbonyl (C=O) groups is 1. The summed E-state index contributed by atoms with van der Waals surface area (Å²) in [6.45, 7) is 2.06. The maximum atomic E-state index is 13.9. The van der Waals surface area contributed by atoms with Gasteiger partial charge in [0.2, 0.25) is 0 Å². The van der Waals surface area contributed by atoms with E-state index < -0.39 is 17.7 Å². The Labute approximate surface area is 134 Å². The van der Waals surface area contributed by atoms with Gasteiger partial charge >= 0.3 is 0 Å². The Hall–Kier alpha value is -1.95. The van der Waals surface area contributed by atoms with Crippen LogP contribution in [0.1, 0.15) is 34.5 Å². The van der Waals surface area contributed by atoms with E-state index in [1.54, 1.807) is 13.0 Å². The number of halogens is 3. The van der Waals surface area contributed by atoms with Crippen LogP contribution in [0.3, 0.4) is 0 Å². The monoisotopic (exact) mass is 366 g/mol. The van der Waals surface area contributed by atoms with Crippen molar-refractivity contribution in [3.63, 3.8) is 0 Å². The number of nitrogen functional groups attached to an aromatic ring is 1. The molecule has 1 aliphatic rings. The summed E-state index contributed by atoms with van der Waals surface area (Å²) in [7, 11) is 0. The van der Waals surface area contributed by atoms with Crippen LogP contribution in [-0.4, -0.2) is 10.8 Å². The van der Waals surface area contributed by atoms with E-state index in [9.17, 15) is 13.6 Å². The number of hydrogen-bond acceptors (Lipinski definition) is 2. The summed E-state index contributed by atoms with van der Waals surface area (Å²) < 4.78 is 27.8. The summed E-state index contributed by atoms with van der Waals surface area (Å²) in [4.78, 5) is 14.1. The summed E-state index contributed by atoms with van der Waals surface area (Å²) in [6, 6.07) is 6.36. The summed E-state index contributed by atoms with van der Waals surface area (Å²) in [6.07, 6.45) is 0. The van der Waals surface area contributed by atoms with Crippen molar-refractivity contribution in [2.45, 2.75) is 19.5 Å². The molecule has 1 aliphatic heterocycles. The highest BCUT2D eigenvalue weighted by atomic mass is 79.9. The lowest BCUT2D eigenvalue weighted by molar-refractivity contribution is 0.0714. The van der Waals surface area contributed by atoms with E-state index in [4.69, 9.17) is 5.73 Å². The van der Waals surface area contributed by atoms with Crippen LogP contribution < -0.4 is 5.73 Å². The van der Waals surface area contributed by atoms with E-state index >= 15 is 0 Å². The molecule has 2 aromatic rings. The quantitative estimate of drug-likeness (QED) is 0.815. The summed E-state index contributed by atoms with van der Waals surface area (Å²) in [5, 5.41) is 0. The molecule has 114 valence electrons. The van der Waals surface area contributed by atoms with Gasteiger partial charge in [0.25, 0.3) is 5.91 Å². The zero-order valence-electron chi connectivity index (χ0n) is 11.7. The van der Waals surface area contributed by atoms with Gasteiger partial charge in [-0.3, -0.25) is 4.79 Å². The van der Waals surface area contributed by atoms with Crippen LogP contribution in [0.5, 0.6) is 0 Å². The minimum Gasteiger partial charge on any atom is -0.398 e. The first-order valence-corrected chi connectivity index (χ1v) is 7.51. The van der Waals surface area contributed by atoms with Crippen LogP contribution in [0.2, 0.25) is 0 Å². The van der Waals surface area contributed by atoms with Crippen LogP contribution in [0.25, 0.3) is 0 Å². The van der Waals surface area contributed by atoms with E-state index in [0.29, 0.717) is 17.8 Å². The van der Waals surface area contributed by atoms with Crippen molar-refractivity contribution in [2.24, 2.45) is 0 Å². The van der Waals surface area contributed by atoms with Crippen molar-refractivity contribution in [3.05, 3.63) is 63.1 Å². The predicted octanol–water partition coefficient (Wildman–Crippen LogP) is 4.03. The lowest BCUT2D eigenvalue weighted by atomic mass is 10.1. The molecule has 0 aromatic heterocycles. The highest BCUT2D eigenvalue weighted by Crippen LogP contribution is 2.36. The second-order valence-electron chi connectivity index (χ2n) is 5.30. The molecule has 2 aromatic carbocycles. The van der Waals surface area contributed by atoms with Crippen molar-refractivity contribution in [1.82, 2.24) is 4.90 Å². The molecular weight excluding hydrogens is 354 g/mol. The first-order chi connectivity index (χ1) is 10.4. The average molecular weight is 367 g/mol. The zero-order valence-corrected chi connectivity index (χ0v) is 13.3. The van der Waals surface area contributed by atoms with Gasteiger partial charge in [0.15, 0.2) is 0 Å². The Balaban J connectivity index is 1.97. The maximum absolute atomic E-state index is 13.9. The number of nitrogens with two attached hydrogens (primary N) is 1. The van der Waals surface area contributed by atoms with Gasteiger partial charge in [-0.05, 0) is 30.7 Å². The van der Waals surface area contributed by atoms with Crippen molar-refractivity contribution in [1.29, 1.82) is 0 Å². The van der Waals surface area contributed by atoms with Crippen LogP contribution in [0, 0.1) is 11.6 Å². The van der Waals surface area contributed by atoms with Gasteiger partial charge in [0.1, 0.15) is 11.6 Å². The topological polar surface area (TPSA) is 46.3 Å². The molecule has 0 saturated carbocycles. The molecular formula is C16H13BrF2N2O. The standard InChI is InChI=1S/C16H13BrF2N2O/c1-8(12-3-2-11(18)6-13(12)19)21-7-9-4-10(17)5-14(20)15(9)16(21)22/h2-6,8H,7,20H2,1H3. The third-order valence-electron chi connectivity index (χ3n) is 3.91. The molecule has 3 nitrogen and oxygen atoms in total. The van der Waals surface area contributed by atoms with E-state index in [2.05, 4.69) is 15.9 Å². The molecule has 1 heterocycles. The molecule has 0 fully saturated rings. The second-order valence-corrected chi connectivity index (χ2v) is 6.22. The first kappa shape index (κ1) is 15.0. The molecule has 2 N–H and O–H groups in total. The fraction of sp³-hybridized carbons (Fsp3) is 0.188. The van der Waals surface area contributed by atoms with E-state index in [1.165, 1.54) is 17.0 Å². The van der Waals surface area contributed by atoms with Crippen LogP contribution >= 0.6 is 15.9 Å². The van der Waals surface area contributed by atoms with Gasteiger partial charge in [-0.15, -0.1) is 0 Å². The molecule has 0 spiro atoms. The Morgan fingerprint density at radius 3 is 2.68 bits per heavy atom. The molecule has 1 amide bonds. The average Bonchev–Trinajstić information content (AvgIpc) is 2.75. The number of nitrogens with zero attached hydrogens (tertiary/aromatic N) is 1. The Kier molecular flexibility index (Phi) is 3.64. The SMILES string of the molecule is CC(c1ccc(F)cc1F)N1Cc2cc(Br)cc(N)c2C1=O. The highest BCUT2D eigenvalue weighted by Gasteiger charge is 2.34. The van der Waals surface area contributed by atoms with Gasteiger partial charge < -0.3 is 10.6 Å². The number of benzene rings is 2. The van der Waals surface area contributed by atoms with Crippen LogP contribution in [0.4, 0.5) is 14.5 Å². The fourth-order valence-corrected chi connectivity index (χ4v) is 3.31. The minimum atomic E-state index is -0.662. The number of anilines is 1. The molecule has 1 unspecified atom stereocenters. The van der Waals surface area contributed by atoms with Crippen molar-refractivity contribution >= 4 is 27.5 Å². The van der Waals surface area contributed by atoms with E-state index in [-0.39, 0.29) is 11.5 Å². The number of carbonyl (C=O) groups excluding carboxylic acids is 1. The second kappa shape index (κ2) is 5.35. The van der Waals surface area contributed by atoms with Gasteiger partial charge in [0.05, 0.1) is 11.6 Å². The normalized spacial score (nSPS) is 15.1. The van der Waals surface area contributed by atoms with Gasteiger partial charge in [-0.2, -0.15) is 0 Å². The Morgan fingerprint density at radius 1 is 1.27 bits per heavy atom. The summed E-state index contributed by atoms with van der Waals surface area (Å²) in [5.74, 6) is -1.54. The molecule has 0 aliphatic carbocycles. The Bertz CT molecular complexity index is 779. The third-order valence-corrected chi connectivity index (χ3v) is 4.37. The first-order valence-electron chi connectivity index (χ1n) is 6.72. The molecule has 6 heteroatoms. The fourth-order valence-electron chi connectivity index (χ4n) is 2.79. The van der Waals surface area contributed by atoms with Crippen molar-refractivity contribution < 1.29 is 13.6 Å². The minimum absolute atomic E-state index is 0.240. The number of fused-ring (bicyclic) bond motifs is 1. The largest absolute Gasteiger partial charge is 0.398 e. The predicted molar refractivity (Wildman–Crippen MR) is 83.2 cm³/mol. The van der Waals surface area contributed by atoms with Crippen molar-refractivity contribution in [2.75, 3.05) is 5.73 Å². The van der Waals surface area contributed by atoms with Gasteiger partial charge in [0, 0.05) is 28.3 Å². The van der Waals surface area contributed by atoms with Crippen LogP contribution in [0.15, 0.2) is 34.8 Å². The summed E-state index contributed by atoms with van der Waals surface area (Å²) >= 11 is 3.35. The molecule has 0 radical (unpaired) electrons. The molecule has 22 heavy (non-hydrogen) atoms. The zero-order chi connectivity index (χ0) is 16.0. The molecule has 1 atom stereocenters. The number of rotatable bonds is 2. The number of hydrogen-bond donors (Lipinski definition) is 1. The molecule has 3 rings (SSSR count).